The molecule has 0 bridgehead atoms. The van der Waals surface area contributed by atoms with Gasteiger partial charge in [-0.2, -0.15) is 0 Å². The molecule has 3 aromatic rings. The van der Waals surface area contributed by atoms with Crippen molar-refractivity contribution in [3.05, 3.63) is 53.3 Å². The van der Waals surface area contributed by atoms with Gasteiger partial charge in [-0.3, -0.25) is 4.79 Å². The quantitative estimate of drug-likeness (QED) is 0.507. The Hall–Kier alpha value is -3.20. The first-order valence-corrected chi connectivity index (χ1v) is 11.3. The highest BCUT2D eigenvalue weighted by molar-refractivity contribution is 8.00. The minimum absolute atomic E-state index is 0.132. The van der Waals surface area contributed by atoms with Crippen LogP contribution in [0, 0.1) is 13.8 Å². The Balaban J connectivity index is 1.39. The van der Waals surface area contributed by atoms with E-state index < -0.39 is 0 Å². The van der Waals surface area contributed by atoms with Crippen LogP contribution in [0.3, 0.4) is 0 Å². The molecule has 8 nitrogen and oxygen atoms in total. The van der Waals surface area contributed by atoms with Gasteiger partial charge >= 0.3 is 0 Å². The summed E-state index contributed by atoms with van der Waals surface area (Å²) >= 11 is 1.36. The summed E-state index contributed by atoms with van der Waals surface area (Å²) in [5, 5.41) is 11.8. The van der Waals surface area contributed by atoms with E-state index in [4.69, 9.17) is 14.2 Å². The van der Waals surface area contributed by atoms with E-state index in [1.165, 1.54) is 11.8 Å². The van der Waals surface area contributed by atoms with Gasteiger partial charge in [0.2, 0.25) is 12.7 Å². The van der Waals surface area contributed by atoms with E-state index in [0.29, 0.717) is 35.5 Å². The number of fused-ring (bicyclic) bond motifs is 1. The Bertz CT molecular complexity index is 1130. The van der Waals surface area contributed by atoms with Crippen LogP contribution in [0.1, 0.15) is 30.8 Å². The Morgan fingerprint density at radius 3 is 2.81 bits per heavy atom. The van der Waals surface area contributed by atoms with E-state index in [0.717, 1.165) is 22.7 Å². The summed E-state index contributed by atoms with van der Waals surface area (Å²) in [6.45, 7) is 9.09. The first-order valence-electron chi connectivity index (χ1n) is 10.4. The van der Waals surface area contributed by atoms with Gasteiger partial charge in [-0.25, -0.2) is 0 Å². The van der Waals surface area contributed by atoms with Crippen LogP contribution in [0.15, 0.2) is 41.6 Å². The van der Waals surface area contributed by atoms with Crippen LogP contribution in [0.2, 0.25) is 0 Å². The molecule has 0 spiro atoms. The number of ether oxygens (including phenoxy) is 3. The second-order valence-corrected chi connectivity index (χ2v) is 8.83. The van der Waals surface area contributed by atoms with Crippen LogP contribution in [0.4, 0.5) is 5.69 Å². The van der Waals surface area contributed by atoms with Crippen molar-refractivity contribution in [2.75, 3.05) is 12.1 Å². The molecule has 1 aliphatic rings. The maximum atomic E-state index is 12.7. The molecule has 1 aliphatic heterocycles. The number of benzene rings is 2. The minimum Gasteiger partial charge on any atom is -0.485 e. The molecule has 2 aromatic carbocycles. The van der Waals surface area contributed by atoms with Crippen molar-refractivity contribution in [1.82, 2.24) is 14.8 Å². The molecular formula is C23H26N4O4S. The van der Waals surface area contributed by atoms with Crippen molar-refractivity contribution in [2.45, 2.75) is 51.3 Å². The fourth-order valence-corrected chi connectivity index (χ4v) is 4.20. The number of hydrogen-bond donors (Lipinski definition) is 1. The highest BCUT2D eigenvalue weighted by Gasteiger charge is 2.21. The summed E-state index contributed by atoms with van der Waals surface area (Å²) < 4.78 is 18.6. The van der Waals surface area contributed by atoms with Crippen LogP contribution in [0.25, 0.3) is 0 Å². The molecule has 0 saturated carbocycles. The molecule has 2 heterocycles. The van der Waals surface area contributed by atoms with E-state index >= 15 is 0 Å². The van der Waals surface area contributed by atoms with Crippen molar-refractivity contribution in [2.24, 2.45) is 0 Å². The van der Waals surface area contributed by atoms with Crippen molar-refractivity contribution in [3.63, 3.8) is 0 Å². The largest absolute Gasteiger partial charge is 0.485 e. The lowest BCUT2D eigenvalue weighted by Crippen LogP contribution is -2.23. The van der Waals surface area contributed by atoms with Crippen molar-refractivity contribution < 1.29 is 19.0 Å². The summed E-state index contributed by atoms with van der Waals surface area (Å²) in [4.78, 5) is 12.7. The molecule has 4 rings (SSSR count). The predicted octanol–water partition coefficient (Wildman–Crippen LogP) is 4.34. The molecule has 32 heavy (non-hydrogen) atoms. The van der Waals surface area contributed by atoms with Crippen LogP contribution in [0.5, 0.6) is 17.2 Å². The third-order valence-electron chi connectivity index (χ3n) is 5.10. The van der Waals surface area contributed by atoms with Gasteiger partial charge in [0.05, 0.1) is 5.25 Å². The molecule has 1 N–H and O–H groups in total. The van der Waals surface area contributed by atoms with E-state index in [9.17, 15) is 4.79 Å². The average Bonchev–Trinajstić information content (AvgIpc) is 3.40. The highest BCUT2D eigenvalue weighted by atomic mass is 32.2. The standard InChI is InChI=1S/C23H26N4O4S/c1-5-27-21(12-29-19-10-14(2)6-7-15(19)3)25-26-23(27)32-16(4)22(28)24-17-8-9-18-20(11-17)31-13-30-18/h6-11,16H,5,12-13H2,1-4H3,(H,24,28)/t16-/m0/s1. The molecule has 168 valence electrons. The van der Waals surface area contributed by atoms with Crippen molar-refractivity contribution in [3.8, 4) is 17.2 Å². The summed E-state index contributed by atoms with van der Waals surface area (Å²) in [6, 6.07) is 11.4. The maximum Gasteiger partial charge on any atom is 0.237 e. The third kappa shape index (κ3) is 4.83. The number of carbonyl (C=O) groups is 1. The van der Waals surface area contributed by atoms with Crippen LogP contribution >= 0.6 is 11.8 Å². The van der Waals surface area contributed by atoms with E-state index in [1.54, 1.807) is 18.2 Å². The fraction of sp³-hybridized carbons (Fsp3) is 0.348. The van der Waals surface area contributed by atoms with Crippen molar-refractivity contribution in [1.29, 1.82) is 0 Å². The number of thioether (sulfide) groups is 1. The van der Waals surface area contributed by atoms with Gasteiger partial charge in [-0.1, -0.05) is 23.9 Å². The number of aryl methyl sites for hydroxylation is 2. The SMILES string of the molecule is CCn1c(COc2cc(C)ccc2C)nnc1S[C@@H](C)C(=O)Nc1ccc2c(c1)OCO2. The van der Waals surface area contributed by atoms with Crippen molar-refractivity contribution >= 4 is 23.4 Å². The fourth-order valence-electron chi connectivity index (χ4n) is 3.27. The molecular weight excluding hydrogens is 428 g/mol. The molecule has 0 radical (unpaired) electrons. The molecule has 0 unspecified atom stereocenters. The van der Waals surface area contributed by atoms with Gasteiger partial charge in [-0.15, -0.1) is 10.2 Å². The lowest BCUT2D eigenvalue weighted by Gasteiger charge is -2.14. The van der Waals surface area contributed by atoms with E-state index in [-0.39, 0.29) is 18.0 Å². The number of anilines is 1. The minimum atomic E-state index is -0.372. The second-order valence-electron chi connectivity index (χ2n) is 7.52. The number of nitrogens with one attached hydrogen (secondary N) is 1. The molecule has 9 heteroatoms. The first kappa shape index (κ1) is 22.0. The van der Waals surface area contributed by atoms with Crippen LogP contribution in [-0.2, 0) is 17.9 Å². The normalized spacial score (nSPS) is 13.1. The van der Waals surface area contributed by atoms with E-state index in [2.05, 4.69) is 21.6 Å². The van der Waals surface area contributed by atoms with Gasteiger partial charge in [0.25, 0.3) is 0 Å². The summed E-state index contributed by atoms with van der Waals surface area (Å²) in [5.41, 5.74) is 2.87. The zero-order chi connectivity index (χ0) is 22.7. The number of carbonyl (C=O) groups excluding carboxylic acids is 1. The number of rotatable bonds is 8. The maximum absolute atomic E-state index is 12.7. The zero-order valence-corrected chi connectivity index (χ0v) is 19.4. The smallest absolute Gasteiger partial charge is 0.237 e. The third-order valence-corrected chi connectivity index (χ3v) is 6.18. The number of amides is 1. The zero-order valence-electron chi connectivity index (χ0n) is 18.5. The monoisotopic (exact) mass is 454 g/mol. The molecule has 1 atom stereocenters. The topological polar surface area (TPSA) is 87.5 Å². The number of nitrogens with zero attached hydrogens (tertiary/aromatic N) is 3. The molecule has 1 amide bonds. The molecule has 1 aromatic heterocycles. The van der Waals surface area contributed by atoms with E-state index in [1.807, 2.05) is 44.4 Å². The highest BCUT2D eigenvalue weighted by Crippen LogP contribution is 2.34. The lowest BCUT2D eigenvalue weighted by atomic mass is 10.1. The second kappa shape index (κ2) is 9.52. The Labute approximate surface area is 191 Å². The molecule has 0 aliphatic carbocycles. The van der Waals surface area contributed by atoms with Crippen LogP contribution < -0.4 is 19.5 Å². The molecule has 0 saturated heterocycles. The van der Waals surface area contributed by atoms with Gasteiger partial charge in [0, 0.05) is 18.3 Å². The van der Waals surface area contributed by atoms with Gasteiger partial charge in [0.15, 0.2) is 22.5 Å². The van der Waals surface area contributed by atoms with Gasteiger partial charge < -0.3 is 24.1 Å². The average molecular weight is 455 g/mol. The Kier molecular flexibility index (Phi) is 6.55. The summed E-state index contributed by atoms with van der Waals surface area (Å²) in [6.07, 6.45) is 0. The Morgan fingerprint density at radius 2 is 2.00 bits per heavy atom. The van der Waals surface area contributed by atoms with Gasteiger partial charge in [-0.05, 0) is 57.0 Å². The number of aromatic nitrogens is 3. The lowest BCUT2D eigenvalue weighted by molar-refractivity contribution is -0.115. The van der Waals surface area contributed by atoms with Gasteiger partial charge in [0.1, 0.15) is 12.4 Å². The summed E-state index contributed by atoms with van der Waals surface area (Å²) in [7, 11) is 0. The first-order chi connectivity index (χ1) is 15.4. The Morgan fingerprint density at radius 1 is 1.19 bits per heavy atom. The summed E-state index contributed by atoms with van der Waals surface area (Å²) in [5.74, 6) is 2.73. The van der Waals surface area contributed by atoms with Crippen LogP contribution in [-0.4, -0.2) is 32.7 Å². The molecule has 0 fully saturated rings. The predicted molar refractivity (Wildman–Crippen MR) is 122 cm³/mol. The number of hydrogen-bond acceptors (Lipinski definition) is 7.